The van der Waals surface area contributed by atoms with Gasteiger partial charge in [0, 0.05) is 12.6 Å². The van der Waals surface area contributed by atoms with Gasteiger partial charge in [-0.05, 0) is 49.3 Å². The molecule has 3 nitrogen and oxygen atoms in total. The normalized spacial score (nSPS) is 22.7. The fraction of sp³-hybridized carbons (Fsp3) is 0.588. The summed E-state index contributed by atoms with van der Waals surface area (Å²) in [6.07, 6.45) is 1.93. The Hall–Kier alpha value is -1.42. The van der Waals surface area contributed by atoms with Crippen molar-refractivity contribution in [3.05, 3.63) is 35.6 Å². The van der Waals surface area contributed by atoms with Crippen LogP contribution in [0.2, 0.25) is 0 Å². The van der Waals surface area contributed by atoms with E-state index in [1.807, 2.05) is 13.0 Å². The Morgan fingerprint density at radius 1 is 1.33 bits per heavy atom. The molecule has 1 aliphatic rings. The highest BCUT2D eigenvalue weighted by atomic mass is 19.1. The lowest BCUT2D eigenvalue weighted by Gasteiger charge is -2.38. The monoisotopic (exact) mass is 292 g/mol. The minimum absolute atomic E-state index is 0.0536. The maximum atomic E-state index is 13.2. The summed E-state index contributed by atoms with van der Waals surface area (Å²) in [5.41, 5.74) is 1.06. The third-order valence-electron chi connectivity index (χ3n) is 4.02. The molecule has 0 aliphatic heterocycles. The molecule has 1 aliphatic carbocycles. The van der Waals surface area contributed by atoms with E-state index in [1.54, 1.807) is 12.1 Å². The second-order valence-corrected chi connectivity index (χ2v) is 6.45. The van der Waals surface area contributed by atoms with Crippen LogP contribution in [0.5, 0.6) is 0 Å². The fourth-order valence-electron chi connectivity index (χ4n) is 2.67. The number of carbonyl (C=O) groups is 1. The summed E-state index contributed by atoms with van der Waals surface area (Å²) in [4.78, 5) is 11.9. The van der Waals surface area contributed by atoms with Crippen molar-refractivity contribution in [2.75, 3.05) is 6.54 Å². The molecule has 1 aromatic rings. The molecule has 1 unspecified atom stereocenters. The quantitative estimate of drug-likeness (QED) is 0.846. The number of nitrogens with one attached hydrogen (secondary N) is 2. The first-order valence-corrected chi connectivity index (χ1v) is 7.75. The highest BCUT2D eigenvalue weighted by Crippen LogP contribution is 2.37. The number of halogens is 1. The van der Waals surface area contributed by atoms with Gasteiger partial charge in [-0.2, -0.15) is 0 Å². The van der Waals surface area contributed by atoms with Gasteiger partial charge in [-0.1, -0.05) is 26.0 Å². The molecular weight excluding hydrogens is 267 g/mol. The summed E-state index contributed by atoms with van der Waals surface area (Å²) in [5.74, 6) is 0.745. The first kappa shape index (κ1) is 16.0. The molecule has 0 aromatic heterocycles. The van der Waals surface area contributed by atoms with E-state index in [0.29, 0.717) is 24.4 Å². The van der Waals surface area contributed by atoms with E-state index >= 15 is 0 Å². The summed E-state index contributed by atoms with van der Waals surface area (Å²) in [6.45, 7) is 6.76. The average molecular weight is 292 g/mol. The Labute approximate surface area is 126 Å². The Morgan fingerprint density at radius 3 is 2.67 bits per heavy atom. The lowest BCUT2D eigenvalue weighted by molar-refractivity contribution is -0.123. The molecule has 1 aromatic carbocycles. The van der Waals surface area contributed by atoms with Crippen LogP contribution in [0.3, 0.4) is 0 Å². The van der Waals surface area contributed by atoms with Crippen LogP contribution in [0.1, 0.15) is 45.1 Å². The number of carbonyl (C=O) groups excluding carboxylic acids is 1. The van der Waals surface area contributed by atoms with Crippen LogP contribution in [0.15, 0.2) is 24.3 Å². The molecule has 1 amide bonds. The Morgan fingerprint density at radius 2 is 2.05 bits per heavy atom. The summed E-state index contributed by atoms with van der Waals surface area (Å²) >= 11 is 0. The maximum Gasteiger partial charge on any atom is 0.236 e. The maximum absolute atomic E-state index is 13.2. The Kier molecular flexibility index (Phi) is 5.34. The largest absolute Gasteiger partial charge is 0.354 e. The molecule has 21 heavy (non-hydrogen) atoms. The van der Waals surface area contributed by atoms with Gasteiger partial charge in [0.15, 0.2) is 0 Å². The van der Waals surface area contributed by atoms with Crippen molar-refractivity contribution in [3.63, 3.8) is 0 Å². The van der Waals surface area contributed by atoms with E-state index in [4.69, 9.17) is 0 Å². The van der Waals surface area contributed by atoms with Crippen molar-refractivity contribution in [2.45, 2.75) is 51.6 Å². The lowest BCUT2D eigenvalue weighted by Crippen LogP contribution is -2.51. The second kappa shape index (κ2) is 7.03. The third-order valence-corrected chi connectivity index (χ3v) is 4.02. The standard InChI is InChI=1S/C17H25FN2O/c1-11(2)10-19-17(21)12(3)20-16-8-14(9-16)13-5-4-6-15(18)7-13/h4-7,11-12,14,16,20H,8-10H2,1-3H3,(H,19,21). The zero-order valence-electron chi connectivity index (χ0n) is 13.0. The van der Waals surface area contributed by atoms with Crippen LogP contribution >= 0.6 is 0 Å². The van der Waals surface area contributed by atoms with Gasteiger partial charge in [0.2, 0.25) is 5.91 Å². The van der Waals surface area contributed by atoms with Crippen LogP contribution in [0, 0.1) is 11.7 Å². The predicted molar refractivity (Wildman–Crippen MR) is 82.6 cm³/mol. The van der Waals surface area contributed by atoms with Crippen LogP contribution in [0.4, 0.5) is 4.39 Å². The molecule has 0 heterocycles. The first-order valence-electron chi connectivity index (χ1n) is 7.75. The van der Waals surface area contributed by atoms with Crippen molar-refractivity contribution in [1.82, 2.24) is 10.6 Å². The van der Waals surface area contributed by atoms with E-state index in [-0.39, 0.29) is 17.8 Å². The molecule has 2 rings (SSSR count). The van der Waals surface area contributed by atoms with Gasteiger partial charge in [-0.3, -0.25) is 4.79 Å². The van der Waals surface area contributed by atoms with Gasteiger partial charge < -0.3 is 10.6 Å². The zero-order valence-corrected chi connectivity index (χ0v) is 13.0. The van der Waals surface area contributed by atoms with Gasteiger partial charge in [-0.25, -0.2) is 4.39 Å². The SMILES string of the molecule is CC(C)CNC(=O)C(C)NC1CC(c2cccc(F)c2)C1. The van der Waals surface area contributed by atoms with Crippen molar-refractivity contribution >= 4 is 5.91 Å². The van der Waals surface area contributed by atoms with Crippen LogP contribution in [-0.4, -0.2) is 24.5 Å². The van der Waals surface area contributed by atoms with Crippen molar-refractivity contribution in [3.8, 4) is 0 Å². The van der Waals surface area contributed by atoms with E-state index in [0.717, 1.165) is 18.4 Å². The van der Waals surface area contributed by atoms with E-state index in [1.165, 1.54) is 6.07 Å². The summed E-state index contributed by atoms with van der Waals surface area (Å²) in [6, 6.07) is 6.98. The Bertz CT molecular complexity index is 483. The minimum atomic E-state index is -0.179. The first-order chi connectivity index (χ1) is 9.95. The van der Waals surface area contributed by atoms with Gasteiger partial charge in [-0.15, -0.1) is 0 Å². The number of hydrogen-bond acceptors (Lipinski definition) is 2. The third kappa shape index (κ3) is 4.53. The molecule has 1 fully saturated rings. The summed E-state index contributed by atoms with van der Waals surface area (Å²) in [5, 5.41) is 6.28. The smallest absolute Gasteiger partial charge is 0.236 e. The van der Waals surface area contributed by atoms with E-state index < -0.39 is 0 Å². The molecule has 0 radical (unpaired) electrons. The molecule has 4 heteroatoms. The van der Waals surface area contributed by atoms with Gasteiger partial charge in [0.1, 0.15) is 5.82 Å². The molecule has 116 valence electrons. The summed E-state index contributed by atoms with van der Waals surface area (Å²) < 4.78 is 13.2. The fourth-order valence-corrected chi connectivity index (χ4v) is 2.67. The molecule has 2 N–H and O–H groups in total. The number of amides is 1. The van der Waals surface area contributed by atoms with Gasteiger partial charge in [0.25, 0.3) is 0 Å². The van der Waals surface area contributed by atoms with Crippen molar-refractivity contribution in [2.24, 2.45) is 5.92 Å². The predicted octanol–water partition coefficient (Wildman–Crippen LogP) is 2.82. The topological polar surface area (TPSA) is 41.1 Å². The van der Waals surface area contributed by atoms with Crippen molar-refractivity contribution < 1.29 is 9.18 Å². The lowest BCUT2D eigenvalue weighted by atomic mass is 9.75. The van der Waals surface area contributed by atoms with E-state index in [2.05, 4.69) is 24.5 Å². The molecular formula is C17H25FN2O. The summed E-state index contributed by atoms with van der Waals surface area (Å²) in [7, 11) is 0. The number of hydrogen-bond donors (Lipinski definition) is 2. The molecule has 0 bridgehead atoms. The Balaban J connectivity index is 1.73. The molecule has 0 saturated heterocycles. The highest BCUT2D eigenvalue weighted by Gasteiger charge is 2.32. The molecule has 0 spiro atoms. The van der Waals surface area contributed by atoms with Crippen LogP contribution < -0.4 is 10.6 Å². The number of rotatable bonds is 6. The minimum Gasteiger partial charge on any atom is -0.354 e. The molecule has 1 saturated carbocycles. The van der Waals surface area contributed by atoms with Crippen molar-refractivity contribution in [1.29, 1.82) is 0 Å². The number of benzene rings is 1. The molecule has 1 atom stereocenters. The van der Waals surface area contributed by atoms with E-state index in [9.17, 15) is 9.18 Å². The van der Waals surface area contributed by atoms with Gasteiger partial charge >= 0.3 is 0 Å². The zero-order chi connectivity index (χ0) is 15.4. The van der Waals surface area contributed by atoms with Crippen LogP contribution in [-0.2, 0) is 4.79 Å². The van der Waals surface area contributed by atoms with Crippen LogP contribution in [0.25, 0.3) is 0 Å². The van der Waals surface area contributed by atoms with Gasteiger partial charge in [0.05, 0.1) is 6.04 Å². The average Bonchev–Trinajstić information content (AvgIpc) is 2.39. The second-order valence-electron chi connectivity index (χ2n) is 6.45. The highest BCUT2D eigenvalue weighted by molar-refractivity contribution is 5.81.